The number of hydrogen-bond donors (Lipinski definition) is 0. The summed E-state index contributed by atoms with van der Waals surface area (Å²) < 4.78 is 11.2. The Morgan fingerprint density at radius 3 is 2.80 bits per heavy atom. The van der Waals surface area contributed by atoms with Gasteiger partial charge in [0.15, 0.2) is 17.3 Å². The Hall–Kier alpha value is -1.55. The van der Waals surface area contributed by atoms with E-state index in [0.29, 0.717) is 29.7 Å². The number of benzene rings is 1. The molecule has 0 amide bonds. The summed E-state index contributed by atoms with van der Waals surface area (Å²) in [6.45, 7) is 3.31. The maximum Gasteiger partial charge on any atom is 0.161 e. The van der Waals surface area contributed by atoms with Gasteiger partial charge in [0.1, 0.15) is 6.61 Å². The van der Waals surface area contributed by atoms with Gasteiger partial charge < -0.3 is 14.4 Å². The Morgan fingerprint density at radius 1 is 1.35 bits per heavy atom. The van der Waals surface area contributed by atoms with Crippen LogP contribution >= 0.6 is 0 Å². The fourth-order valence-electron chi connectivity index (χ4n) is 2.55. The van der Waals surface area contributed by atoms with Crippen molar-refractivity contribution in [1.29, 1.82) is 0 Å². The zero-order valence-electron chi connectivity index (χ0n) is 12.5. The van der Waals surface area contributed by atoms with E-state index in [9.17, 15) is 4.79 Å². The van der Waals surface area contributed by atoms with Crippen LogP contribution in [0.25, 0.3) is 0 Å². The maximum atomic E-state index is 11.5. The smallest absolute Gasteiger partial charge is 0.161 e. The first-order valence-corrected chi connectivity index (χ1v) is 7.14. The predicted octanol–water partition coefficient (Wildman–Crippen LogP) is 2.76. The standard InChI is InChI=1S/C16H23NO3/c1-12(18)13-7-8-15(19-3)16(10-13)20-11-14-6-4-5-9-17(14)2/h7-8,10,14H,4-6,9,11H2,1-3H3. The van der Waals surface area contributed by atoms with Crippen molar-refractivity contribution in [3.05, 3.63) is 23.8 Å². The van der Waals surface area contributed by atoms with Crippen LogP contribution in [0, 0.1) is 0 Å². The average molecular weight is 277 g/mol. The lowest BCUT2D eigenvalue weighted by molar-refractivity contribution is 0.101. The van der Waals surface area contributed by atoms with E-state index in [1.54, 1.807) is 32.2 Å². The Kier molecular flexibility index (Phi) is 5.01. The van der Waals surface area contributed by atoms with Crippen molar-refractivity contribution in [2.24, 2.45) is 0 Å². The van der Waals surface area contributed by atoms with Gasteiger partial charge in [-0.1, -0.05) is 6.42 Å². The molecule has 110 valence electrons. The van der Waals surface area contributed by atoms with Gasteiger partial charge in [0.25, 0.3) is 0 Å². The number of rotatable bonds is 5. The second-order valence-corrected chi connectivity index (χ2v) is 5.36. The minimum atomic E-state index is 0.0345. The highest BCUT2D eigenvalue weighted by Gasteiger charge is 2.20. The number of likely N-dealkylation sites (N-methyl/N-ethyl adjacent to an activating group) is 1. The molecular weight excluding hydrogens is 254 g/mol. The lowest BCUT2D eigenvalue weighted by atomic mass is 10.0. The Labute approximate surface area is 120 Å². The lowest BCUT2D eigenvalue weighted by Gasteiger charge is -2.32. The van der Waals surface area contributed by atoms with Crippen LogP contribution < -0.4 is 9.47 Å². The van der Waals surface area contributed by atoms with Crippen LogP contribution in [0.1, 0.15) is 36.5 Å². The maximum absolute atomic E-state index is 11.5. The largest absolute Gasteiger partial charge is 0.493 e. The molecule has 0 bridgehead atoms. The molecule has 1 heterocycles. The predicted molar refractivity (Wildman–Crippen MR) is 78.8 cm³/mol. The van der Waals surface area contributed by atoms with Crippen LogP contribution in [0.3, 0.4) is 0 Å². The van der Waals surface area contributed by atoms with Crippen molar-refractivity contribution in [3.63, 3.8) is 0 Å². The van der Waals surface area contributed by atoms with Gasteiger partial charge in [0.05, 0.1) is 7.11 Å². The van der Waals surface area contributed by atoms with Crippen molar-refractivity contribution >= 4 is 5.78 Å². The normalized spacial score (nSPS) is 19.6. The van der Waals surface area contributed by atoms with Crippen LogP contribution in [0.15, 0.2) is 18.2 Å². The first kappa shape index (κ1) is 14.9. The van der Waals surface area contributed by atoms with Crippen molar-refractivity contribution in [3.8, 4) is 11.5 Å². The quantitative estimate of drug-likeness (QED) is 0.776. The number of carbonyl (C=O) groups excluding carboxylic acids is 1. The monoisotopic (exact) mass is 277 g/mol. The van der Waals surface area contributed by atoms with Gasteiger partial charge in [-0.15, -0.1) is 0 Å². The number of nitrogens with zero attached hydrogens (tertiary/aromatic N) is 1. The number of carbonyl (C=O) groups is 1. The van der Waals surface area contributed by atoms with E-state index >= 15 is 0 Å². The van der Waals surface area contributed by atoms with E-state index in [1.165, 1.54) is 12.8 Å². The minimum absolute atomic E-state index is 0.0345. The zero-order valence-corrected chi connectivity index (χ0v) is 12.5. The Balaban J connectivity index is 2.07. The molecule has 1 fully saturated rings. The highest BCUT2D eigenvalue weighted by Crippen LogP contribution is 2.29. The number of ketones is 1. The van der Waals surface area contributed by atoms with Crippen LogP contribution in [-0.2, 0) is 0 Å². The molecular formula is C16H23NO3. The summed E-state index contributed by atoms with van der Waals surface area (Å²) in [5, 5.41) is 0. The zero-order chi connectivity index (χ0) is 14.5. The average Bonchev–Trinajstić information content (AvgIpc) is 2.46. The molecule has 0 N–H and O–H groups in total. The molecule has 2 rings (SSSR count). The van der Waals surface area contributed by atoms with Gasteiger partial charge in [-0.2, -0.15) is 0 Å². The van der Waals surface area contributed by atoms with Gasteiger partial charge in [-0.25, -0.2) is 0 Å². The Bertz CT molecular complexity index is 473. The van der Waals surface area contributed by atoms with E-state index in [1.807, 2.05) is 0 Å². The number of methoxy groups -OCH3 is 1. The molecule has 0 spiro atoms. The summed E-state index contributed by atoms with van der Waals surface area (Å²) in [7, 11) is 3.75. The molecule has 0 aromatic heterocycles. The summed E-state index contributed by atoms with van der Waals surface area (Å²) in [6, 6.07) is 5.76. The number of Topliss-reactive ketones (excluding diaryl/α,β-unsaturated/α-hetero) is 1. The molecule has 0 saturated carbocycles. The van der Waals surface area contributed by atoms with Crippen molar-refractivity contribution in [2.75, 3.05) is 27.3 Å². The van der Waals surface area contributed by atoms with Crippen LogP contribution in [0.4, 0.5) is 0 Å². The number of ether oxygens (including phenoxy) is 2. The fraction of sp³-hybridized carbons (Fsp3) is 0.562. The van der Waals surface area contributed by atoms with Crippen LogP contribution in [0.2, 0.25) is 0 Å². The van der Waals surface area contributed by atoms with Crippen LogP contribution in [-0.4, -0.2) is 44.0 Å². The summed E-state index contributed by atoms with van der Waals surface area (Å²) in [6.07, 6.45) is 3.67. The first-order chi connectivity index (χ1) is 9.61. The molecule has 1 aliphatic heterocycles. The lowest BCUT2D eigenvalue weighted by Crippen LogP contribution is -2.40. The minimum Gasteiger partial charge on any atom is -0.493 e. The molecule has 4 heteroatoms. The molecule has 20 heavy (non-hydrogen) atoms. The summed E-state index contributed by atoms with van der Waals surface area (Å²) >= 11 is 0. The SMILES string of the molecule is COc1ccc(C(C)=O)cc1OCC1CCCCN1C. The van der Waals surface area contributed by atoms with Gasteiger partial charge >= 0.3 is 0 Å². The highest BCUT2D eigenvalue weighted by atomic mass is 16.5. The molecule has 0 radical (unpaired) electrons. The molecule has 1 aromatic rings. The van der Waals surface area contributed by atoms with E-state index in [-0.39, 0.29) is 5.78 Å². The van der Waals surface area contributed by atoms with E-state index < -0.39 is 0 Å². The second-order valence-electron chi connectivity index (χ2n) is 5.36. The van der Waals surface area contributed by atoms with Gasteiger partial charge in [-0.3, -0.25) is 4.79 Å². The van der Waals surface area contributed by atoms with Gasteiger partial charge in [0.2, 0.25) is 0 Å². The fourth-order valence-corrected chi connectivity index (χ4v) is 2.55. The van der Waals surface area contributed by atoms with E-state index in [4.69, 9.17) is 9.47 Å². The number of piperidine rings is 1. The number of likely N-dealkylation sites (tertiary alicyclic amines) is 1. The first-order valence-electron chi connectivity index (χ1n) is 7.14. The van der Waals surface area contributed by atoms with Crippen molar-refractivity contribution in [2.45, 2.75) is 32.2 Å². The van der Waals surface area contributed by atoms with E-state index in [2.05, 4.69) is 11.9 Å². The topological polar surface area (TPSA) is 38.8 Å². The highest BCUT2D eigenvalue weighted by molar-refractivity contribution is 5.94. The molecule has 0 aliphatic carbocycles. The van der Waals surface area contributed by atoms with Crippen molar-refractivity contribution < 1.29 is 14.3 Å². The molecule has 1 unspecified atom stereocenters. The van der Waals surface area contributed by atoms with E-state index in [0.717, 1.165) is 13.0 Å². The molecule has 1 aromatic carbocycles. The van der Waals surface area contributed by atoms with Crippen molar-refractivity contribution in [1.82, 2.24) is 4.90 Å². The number of hydrogen-bond acceptors (Lipinski definition) is 4. The third-order valence-corrected chi connectivity index (χ3v) is 3.92. The molecule has 1 atom stereocenters. The van der Waals surface area contributed by atoms with Gasteiger partial charge in [-0.05, 0) is 51.6 Å². The third-order valence-electron chi connectivity index (χ3n) is 3.92. The summed E-state index contributed by atoms with van der Waals surface area (Å²) in [4.78, 5) is 13.8. The van der Waals surface area contributed by atoms with Gasteiger partial charge in [0, 0.05) is 11.6 Å². The molecule has 4 nitrogen and oxygen atoms in total. The Morgan fingerprint density at radius 2 is 2.15 bits per heavy atom. The third kappa shape index (κ3) is 3.51. The second kappa shape index (κ2) is 6.75. The van der Waals surface area contributed by atoms with Crippen LogP contribution in [0.5, 0.6) is 11.5 Å². The molecule has 1 aliphatic rings. The molecule has 1 saturated heterocycles. The summed E-state index contributed by atoms with van der Waals surface area (Å²) in [5.74, 6) is 1.36. The summed E-state index contributed by atoms with van der Waals surface area (Å²) in [5.41, 5.74) is 0.651.